The molecule has 2 N–H and O–H groups in total. The molecule has 0 radical (unpaired) electrons. The van der Waals surface area contributed by atoms with Crippen LogP contribution in [0.25, 0.3) is 0 Å². The van der Waals surface area contributed by atoms with Gasteiger partial charge >= 0.3 is 0 Å². The third-order valence-corrected chi connectivity index (χ3v) is 4.70. The van der Waals surface area contributed by atoms with Crippen molar-refractivity contribution in [2.24, 2.45) is 11.0 Å². The molecule has 0 aliphatic heterocycles. The number of rotatable bonds is 4. The monoisotopic (exact) mass is 384 g/mol. The Labute approximate surface area is 161 Å². The maximum absolute atomic E-state index is 12.6. The predicted octanol–water partition coefficient (Wildman–Crippen LogP) is 3.26. The molecule has 0 spiro atoms. The lowest BCUT2D eigenvalue weighted by Gasteiger charge is -2.11. The maximum atomic E-state index is 12.6. The van der Waals surface area contributed by atoms with E-state index in [2.05, 4.69) is 10.5 Å². The van der Waals surface area contributed by atoms with Gasteiger partial charge in [0.1, 0.15) is 28.8 Å². The molecule has 1 aliphatic carbocycles. The molecule has 0 heterocycles. The van der Waals surface area contributed by atoms with E-state index < -0.39 is 4.92 Å². The molecular weight excluding hydrogens is 364 g/mol. The third-order valence-electron chi connectivity index (χ3n) is 4.70. The van der Waals surface area contributed by atoms with Gasteiger partial charge in [0.15, 0.2) is 11.6 Å². The molecule has 2 rings (SSSR count). The number of nitriles is 1. The number of benzene rings is 1. The number of non-ortho nitro benzene ring substituents is 1. The second-order valence-corrected chi connectivity index (χ2v) is 6.51. The van der Waals surface area contributed by atoms with Crippen molar-refractivity contribution in [3.63, 3.8) is 0 Å². The molecule has 0 amide bonds. The highest BCUT2D eigenvalue weighted by molar-refractivity contribution is 6.47. The van der Waals surface area contributed by atoms with E-state index in [-0.39, 0.29) is 64.3 Å². The fourth-order valence-electron chi connectivity index (χ4n) is 2.94. The van der Waals surface area contributed by atoms with Crippen LogP contribution in [0.4, 0.5) is 11.4 Å². The molecule has 0 saturated carbocycles. The van der Waals surface area contributed by atoms with Crippen LogP contribution in [0.3, 0.4) is 0 Å². The summed E-state index contributed by atoms with van der Waals surface area (Å²) in [7, 11) is 0. The quantitative estimate of drug-likeness (QED) is 0.460. The van der Waals surface area contributed by atoms with Crippen molar-refractivity contribution in [3.05, 3.63) is 39.5 Å². The first kappa shape index (κ1) is 20.8. The van der Waals surface area contributed by atoms with Gasteiger partial charge in [-0.2, -0.15) is 10.4 Å². The van der Waals surface area contributed by atoms with Crippen LogP contribution in [0.1, 0.15) is 39.5 Å². The Kier molecular flexibility index (Phi) is 6.60. The number of nitrogens with zero attached hydrogens (tertiary/aromatic N) is 3. The number of hydrazone groups is 1. The Morgan fingerprint density at radius 3 is 2.71 bits per heavy atom. The molecule has 9 nitrogen and oxygen atoms in total. The number of Topliss-reactive ketones (excluding diaryl/α,β-unsaturated/α-hetero) is 2. The Morgan fingerprint density at radius 2 is 2.11 bits per heavy atom. The number of aromatic hydroxyl groups is 1. The van der Waals surface area contributed by atoms with E-state index in [0.29, 0.717) is 12.8 Å². The number of ketones is 2. The second-order valence-electron chi connectivity index (χ2n) is 6.51. The fourth-order valence-corrected chi connectivity index (χ4v) is 2.94. The number of hydrogen-bond donors (Lipinski definition) is 2. The van der Waals surface area contributed by atoms with Gasteiger partial charge < -0.3 is 5.11 Å². The van der Waals surface area contributed by atoms with Crippen molar-refractivity contribution >= 4 is 28.7 Å². The van der Waals surface area contributed by atoms with Gasteiger partial charge in [-0.3, -0.25) is 25.1 Å². The molecule has 1 aliphatic rings. The minimum Gasteiger partial charge on any atom is -0.506 e. The van der Waals surface area contributed by atoms with Crippen LogP contribution in [-0.2, 0) is 9.59 Å². The molecule has 0 aromatic heterocycles. The van der Waals surface area contributed by atoms with Crippen LogP contribution in [-0.4, -0.2) is 27.3 Å². The van der Waals surface area contributed by atoms with Crippen molar-refractivity contribution in [2.45, 2.75) is 39.5 Å². The lowest BCUT2D eigenvalue weighted by Crippen LogP contribution is -2.19. The second kappa shape index (κ2) is 8.90. The largest absolute Gasteiger partial charge is 0.506 e. The molecular formula is C19H20N4O5. The number of allylic oxidation sites excluding steroid dienone is 2. The summed E-state index contributed by atoms with van der Waals surface area (Å²) in [5.41, 5.74) is 2.02. The summed E-state index contributed by atoms with van der Waals surface area (Å²) in [6.45, 7) is 3.39. The Morgan fingerprint density at radius 1 is 1.39 bits per heavy atom. The van der Waals surface area contributed by atoms with Gasteiger partial charge in [-0.15, -0.1) is 0 Å². The SMILES string of the molecule is CCC1CCC(=O)C(=NNc2cc([N+](=O)[O-])ccc2O)/C(C)=C(/C#N)C(=O)C1. The summed E-state index contributed by atoms with van der Waals surface area (Å²) in [6, 6.07) is 5.18. The van der Waals surface area contributed by atoms with E-state index in [9.17, 15) is 30.1 Å². The normalized spacial score (nSPS) is 22.2. The zero-order valence-corrected chi connectivity index (χ0v) is 15.6. The zero-order chi connectivity index (χ0) is 20.8. The summed E-state index contributed by atoms with van der Waals surface area (Å²) >= 11 is 0. The number of phenolic OH excluding ortho intramolecular Hbond substituents is 1. The van der Waals surface area contributed by atoms with Gasteiger partial charge in [0.05, 0.1) is 4.92 Å². The molecule has 28 heavy (non-hydrogen) atoms. The third kappa shape index (κ3) is 4.59. The smallest absolute Gasteiger partial charge is 0.271 e. The molecule has 1 atom stereocenters. The van der Waals surface area contributed by atoms with E-state index in [0.717, 1.165) is 18.2 Å². The minimum absolute atomic E-state index is 0.000673. The summed E-state index contributed by atoms with van der Waals surface area (Å²) in [6.07, 6.45) is 1.55. The lowest BCUT2D eigenvalue weighted by atomic mass is 9.92. The number of phenols is 1. The van der Waals surface area contributed by atoms with Gasteiger partial charge in [0.25, 0.3) is 5.69 Å². The first-order valence-electron chi connectivity index (χ1n) is 8.77. The average molecular weight is 384 g/mol. The summed E-state index contributed by atoms with van der Waals surface area (Å²) in [5.74, 6) is -0.987. The van der Waals surface area contributed by atoms with Crippen LogP contribution < -0.4 is 5.43 Å². The minimum atomic E-state index is -0.634. The number of anilines is 1. The maximum Gasteiger partial charge on any atom is 0.271 e. The van der Waals surface area contributed by atoms with E-state index in [4.69, 9.17) is 0 Å². The van der Waals surface area contributed by atoms with Crippen LogP contribution in [0, 0.1) is 27.4 Å². The molecule has 1 unspecified atom stereocenters. The van der Waals surface area contributed by atoms with Crippen molar-refractivity contribution in [3.8, 4) is 11.8 Å². The molecule has 9 heteroatoms. The highest BCUT2D eigenvalue weighted by Gasteiger charge is 2.26. The standard InChI is InChI=1S/C19H20N4O5/c1-3-12-4-6-17(25)19(11(2)14(10-20)18(26)8-12)22-21-15-9-13(23(27)28)5-7-16(15)24/h5,7,9,12,21,24H,3-4,6,8H2,1-2H3/b14-11-,22-19?. The predicted molar refractivity (Wildman–Crippen MR) is 102 cm³/mol. The zero-order valence-electron chi connectivity index (χ0n) is 15.6. The first-order chi connectivity index (χ1) is 13.3. The van der Waals surface area contributed by atoms with Crippen LogP contribution in [0.5, 0.6) is 5.75 Å². The number of hydrogen-bond acceptors (Lipinski definition) is 8. The van der Waals surface area contributed by atoms with Gasteiger partial charge in [-0.1, -0.05) is 13.3 Å². The van der Waals surface area contributed by atoms with Crippen LogP contribution in [0.15, 0.2) is 34.4 Å². The van der Waals surface area contributed by atoms with Crippen LogP contribution in [0.2, 0.25) is 0 Å². The van der Waals surface area contributed by atoms with E-state index in [1.54, 1.807) is 0 Å². The number of nitro groups is 1. The number of nitro benzene ring substituents is 1. The van der Waals surface area contributed by atoms with Gasteiger partial charge in [0.2, 0.25) is 0 Å². The Bertz CT molecular complexity index is 927. The number of nitrogens with one attached hydrogen (secondary N) is 1. The average Bonchev–Trinajstić information content (AvgIpc) is 2.69. The highest BCUT2D eigenvalue weighted by atomic mass is 16.6. The van der Waals surface area contributed by atoms with Gasteiger partial charge in [-0.05, 0) is 25.3 Å². The molecule has 0 bridgehead atoms. The summed E-state index contributed by atoms with van der Waals surface area (Å²) in [4.78, 5) is 35.4. The van der Waals surface area contributed by atoms with Crippen LogP contribution >= 0.6 is 0 Å². The molecule has 146 valence electrons. The highest BCUT2D eigenvalue weighted by Crippen LogP contribution is 2.28. The number of carbonyl (C=O) groups is 2. The molecule has 0 saturated heterocycles. The van der Waals surface area contributed by atoms with Crippen molar-refractivity contribution < 1.29 is 19.6 Å². The molecule has 1 aromatic rings. The first-order valence-corrected chi connectivity index (χ1v) is 8.77. The van der Waals surface area contributed by atoms with E-state index in [1.165, 1.54) is 6.92 Å². The fraction of sp³-hybridized carbons (Fsp3) is 0.368. The summed E-state index contributed by atoms with van der Waals surface area (Å²) in [5, 5.41) is 34.1. The number of carbonyl (C=O) groups excluding carboxylic acids is 2. The topological polar surface area (TPSA) is 146 Å². The van der Waals surface area contributed by atoms with E-state index in [1.807, 2.05) is 13.0 Å². The van der Waals surface area contributed by atoms with Gasteiger partial charge in [-0.25, -0.2) is 0 Å². The van der Waals surface area contributed by atoms with E-state index >= 15 is 0 Å². The molecule has 0 fully saturated rings. The van der Waals surface area contributed by atoms with Crippen molar-refractivity contribution in [1.29, 1.82) is 5.26 Å². The Balaban J connectivity index is 2.47. The Hall–Kier alpha value is -3.54. The van der Waals surface area contributed by atoms with Gasteiger partial charge in [0, 0.05) is 30.5 Å². The van der Waals surface area contributed by atoms with Crippen molar-refractivity contribution in [1.82, 2.24) is 0 Å². The lowest BCUT2D eigenvalue weighted by molar-refractivity contribution is -0.384. The molecule has 1 aromatic carbocycles. The van der Waals surface area contributed by atoms with Crippen molar-refractivity contribution in [2.75, 3.05) is 5.43 Å². The summed E-state index contributed by atoms with van der Waals surface area (Å²) < 4.78 is 0.